The summed E-state index contributed by atoms with van der Waals surface area (Å²) in [7, 11) is 0. The van der Waals surface area contributed by atoms with Gasteiger partial charge in [-0.25, -0.2) is 0 Å². The standard InChI is InChI=1S/C17H17NS3/c1-2-6-14(7-3-1)19-13-10-18-17(15-8-4-11-20-15)16-9-5-12-21-16/h1-9,11-12,17-18H,10,13H2. The van der Waals surface area contributed by atoms with E-state index in [0.29, 0.717) is 6.04 Å². The maximum Gasteiger partial charge on any atom is 0.0765 e. The van der Waals surface area contributed by atoms with E-state index in [1.807, 2.05) is 34.4 Å². The van der Waals surface area contributed by atoms with Gasteiger partial charge in [0, 0.05) is 26.9 Å². The fourth-order valence-corrected chi connectivity index (χ4v) is 4.66. The Morgan fingerprint density at radius 1 is 0.857 bits per heavy atom. The number of hydrogen-bond donors (Lipinski definition) is 1. The Bertz CT molecular complexity index is 583. The number of hydrogen-bond acceptors (Lipinski definition) is 4. The summed E-state index contributed by atoms with van der Waals surface area (Å²) in [6.45, 7) is 1.00. The number of benzene rings is 1. The molecule has 0 radical (unpaired) electrons. The second-order valence-electron chi connectivity index (χ2n) is 4.58. The smallest absolute Gasteiger partial charge is 0.0765 e. The molecule has 4 heteroatoms. The number of thiophene rings is 2. The summed E-state index contributed by atoms with van der Waals surface area (Å²) in [5, 5.41) is 7.99. The number of thioether (sulfide) groups is 1. The average Bonchev–Trinajstić information content (AvgIpc) is 3.22. The third-order valence-corrected chi connectivity index (χ3v) is 6.01. The van der Waals surface area contributed by atoms with Gasteiger partial charge in [-0.3, -0.25) is 0 Å². The quantitative estimate of drug-likeness (QED) is 0.467. The lowest BCUT2D eigenvalue weighted by Crippen LogP contribution is -2.23. The first-order chi connectivity index (χ1) is 10.4. The summed E-state index contributed by atoms with van der Waals surface area (Å²) in [6, 6.07) is 19.6. The van der Waals surface area contributed by atoms with E-state index in [-0.39, 0.29) is 0 Å². The predicted molar refractivity (Wildman–Crippen MR) is 95.6 cm³/mol. The Hall–Kier alpha value is -1.07. The molecule has 0 saturated carbocycles. The van der Waals surface area contributed by atoms with Crippen LogP contribution >= 0.6 is 34.4 Å². The van der Waals surface area contributed by atoms with Crippen molar-refractivity contribution in [2.24, 2.45) is 0 Å². The van der Waals surface area contributed by atoms with Crippen molar-refractivity contribution < 1.29 is 0 Å². The van der Waals surface area contributed by atoms with Crippen LogP contribution in [0.2, 0.25) is 0 Å². The summed E-state index contributed by atoms with van der Waals surface area (Å²) in [6.07, 6.45) is 0. The monoisotopic (exact) mass is 331 g/mol. The fourth-order valence-electron chi connectivity index (χ4n) is 2.14. The Balaban J connectivity index is 1.56. The average molecular weight is 332 g/mol. The lowest BCUT2D eigenvalue weighted by molar-refractivity contribution is 0.653. The van der Waals surface area contributed by atoms with Crippen molar-refractivity contribution in [2.75, 3.05) is 12.3 Å². The van der Waals surface area contributed by atoms with E-state index in [1.165, 1.54) is 14.6 Å². The molecule has 21 heavy (non-hydrogen) atoms. The molecule has 0 aliphatic rings. The van der Waals surface area contributed by atoms with Gasteiger partial charge in [0.15, 0.2) is 0 Å². The van der Waals surface area contributed by atoms with E-state index in [1.54, 1.807) is 0 Å². The van der Waals surface area contributed by atoms with E-state index in [9.17, 15) is 0 Å². The third-order valence-electron chi connectivity index (χ3n) is 3.12. The highest BCUT2D eigenvalue weighted by molar-refractivity contribution is 7.99. The molecule has 0 saturated heterocycles. The van der Waals surface area contributed by atoms with Gasteiger partial charge < -0.3 is 5.32 Å². The molecule has 0 aliphatic heterocycles. The van der Waals surface area contributed by atoms with Crippen molar-refractivity contribution >= 4 is 34.4 Å². The van der Waals surface area contributed by atoms with Crippen molar-refractivity contribution in [3.8, 4) is 0 Å². The molecule has 0 spiro atoms. The first-order valence-electron chi connectivity index (χ1n) is 6.91. The van der Waals surface area contributed by atoms with E-state index in [4.69, 9.17) is 0 Å². The van der Waals surface area contributed by atoms with Crippen LogP contribution in [0.15, 0.2) is 70.3 Å². The molecule has 108 valence electrons. The van der Waals surface area contributed by atoms with Gasteiger partial charge in [-0.15, -0.1) is 34.4 Å². The molecule has 0 bridgehead atoms. The largest absolute Gasteiger partial charge is 0.304 e. The molecule has 1 nitrogen and oxygen atoms in total. The normalized spacial score (nSPS) is 11.1. The molecule has 3 rings (SSSR count). The van der Waals surface area contributed by atoms with Crippen LogP contribution < -0.4 is 5.32 Å². The zero-order valence-corrected chi connectivity index (χ0v) is 14.0. The molecule has 0 unspecified atom stereocenters. The van der Waals surface area contributed by atoms with Crippen LogP contribution in [0.1, 0.15) is 15.8 Å². The predicted octanol–water partition coefficient (Wildman–Crippen LogP) is 5.28. The SMILES string of the molecule is c1ccc(SCCNC(c2cccs2)c2cccs2)cc1. The van der Waals surface area contributed by atoms with Crippen LogP contribution in [-0.2, 0) is 0 Å². The van der Waals surface area contributed by atoms with Gasteiger partial charge in [0.25, 0.3) is 0 Å². The van der Waals surface area contributed by atoms with E-state index in [2.05, 4.69) is 70.7 Å². The van der Waals surface area contributed by atoms with Crippen molar-refractivity contribution in [3.05, 3.63) is 75.1 Å². The minimum absolute atomic E-state index is 0.335. The summed E-state index contributed by atoms with van der Waals surface area (Å²) in [4.78, 5) is 4.12. The maximum atomic E-state index is 3.69. The summed E-state index contributed by atoms with van der Waals surface area (Å²) in [5.41, 5.74) is 0. The van der Waals surface area contributed by atoms with Crippen LogP contribution in [0, 0.1) is 0 Å². The zero-order chi connectivity index (χ0) is 14.3. The van der Waals surface area contributed by atoms with Gasteiger partial charge in [-0.05, 0) is 35.0 Å². The highest BCUT2D eigenvalue weighted by atomic mass is 32.2. The molecule has 0 aliphatic carbocycles. The Morgan fingerprint density at radius 2 is 1.52 bits per heavy atom. The molecule has 1 N–H and O–H groups in total. The number of nitrogens with one attached hydrogen (secondary N) is 1. The van der Waals surface area contributed by atoms with Crippen molar-refractivity contribution in [1.82, 2.24) is 5.32 Å². The van der Waals surface area contributed by atoms with Gasteiger partial charge in [0.1, 0.15) is 0 Å². The lowest BCUT2D eigenvalue weighted by Gasteiger charge is -2.16. The van der Waals surface area contributed by atoms with E-state index in [0.717, 1.165) is 12.3 Å². The molecule has 0 amide bonds. The van der Waals surface area contributed by atoms with E-state index >= 15 is 0 Å². The van der Waals surface area contributed by atoms with Crippen molar-refractivity contribution in [1.29, 1.82) is 0 Å². The molecular formula is C17H17NS3. The van der Waals surface area contributed by atoms with Crippen LogP contribution in [0.5, 0.6) is 0 Å². The van der Waals surface area contributed by atoms with Crippen LogP contribution in [0.25, 0.3) is 0 Å². The lowest BCUT2D eigenvalue weighted by atomic mass is 10.2. The Morgan fingerprint density at radius 3 is 2.10 bits per heavy atom. The van der Waals surface area contributed by atoms with Gasteiger partial charge in [-0.1, -0.05) is 30.3 Å². The van der Waals surface area contributed by atoms with Crippen LogP contribution in [0.4, 0.5) is 0 Å². The van der Waals surface area contributed by atoms with Crippen molar-refractivity contribution in [2.45, 2.75) is 10.9 Å². The second-order valence-corrected chi connectivity index (χ2v) is 7.71. The Labute approximate surface area is 138 Å². The Kier molecular flexibility index (Phi) is 5.52. The first kappa shape index (κ1) is 14.9. The van der Waals surface area contributed by atoms with Crippen LogP contribution in [0.3, 0.4) is 0 Å². The maximum absolute atomic E-state index is 3.69. The summed E-state index contributed by atoms with van der Waals surface area (Å²) in [5.74, 6) is 1.08. The molecule has 2 aromatic heterocycles. The molecule has 1 aromatic carbocycles. The van der Waals surface area contributed by atoms with Gasteiger partial charge in [-0.2, -0.15) is 0 Å². The topological polar surface area (TPSA) is 12.0 Å². The second kappa shape index (κ2) is 7.80. The molecule has 3 aromatic rings. The third kappa shape index (κ3) is 4.20. The molecular weight excluding hydrogens is 314 g/mol. The molecule has 0 fully saturated rings. The van der Waals surface area contributed by atoms with E-state index < -0.39 is 0 Å². The summed E-state index contributed by atoms with van der Waals surface area (Å²) >= 11 is 5.54. The molecule has 0 atom stereocenters. The minimum Gasteiger partial charge on any atom is -0.304 e. The minimum atomic E-state index is 0.335. The first-order valence-corrected chi connectivity index (χ1v) is 9.66. The highest BCUT2D eigenvalue weighted by Gasteiger charge is 2.15. The fraction of sp³-hybridized carbons (Fsp3) is 0.176. The highest BCUT2D eigenvalue weighted by Crippen LogP contribution is 2.29. The summed E-state index contributed by atoms with van der Waals surface area (Å²) < 4.78 is 0. The van der Waals surface area contributed by atoms with Gasteiger partial charge in [0.2, 0.25) is 0 Å². The van der Waals surface area contributed by atoms with Gasteiger partial charge >= 0.3 is 0 Å². The van der Waals surface area contributed by atoms with Crippen LogP contribution in [-0.4, -0.2) is 12.3 Å². The molecule has 2 heterocycles. The number of rotatable bonds is 7. The van der Waals surface area contributed by atoms with Gasteiger partial charge in [0.05, 0.1) is 6.04 Å². The zero-order valence-electron chi connectivity index (χ0n) is 11.6. The van der Waals surface area contributed by atoms with Crippen molar-refractivity contribution in [3.63, 3.8) is 0 Å².